The molecule has 1 unspecified atom stereocenters. The number of esters is 1. The number of alkyl halides is 3. The summed E-state index contributed by atoms with van der Waals surface area (Å²) in [6, 6.07) is 4.56. The lowest BCUT2D eigenvalue weighted by Gasteiger charge is -2.56. The molecule has 4 aliphatic carbocycles. The number of nitrogens with zero attached hydrogens (tertiary/aromatic N) is 2. The highest BCUT2D eigenvalue weighted by Gasteiger charge is 2.51. The maximum atomic E-state index is 12.9. The Morgan fingerprint density at radius 1 is 1.17 bits per heavy atom. The van der Waals surface area contributed by atoms with E-state index in [2.05, 4.69) is 15.5 Å². The molecular weight excluding hydrogens is 463 g/mol. The predicted molar refractivity (Wildman–Crippen MR) is 117 cm³/mol. The lowest BCUT2D eigenvalue weighted by atomic mass is 9.49. The van der Waals surface area contributed by atoms with Gasteiger partial charge < -0.3 is 14.6 Å². The highest BCUT2D eigenvalue weighted by atomic mass is 19.4. The van der Waals surface area contributed by atoms with E-state index < -0.39 is 23.8 Å². The topological polar surface area (TPSA) is 94.3 Å². The summed E-state index contributed by atoms with van der Waals surface area (Å²) in [6.45, 7) is 1.24. The number of aromatic nitrogens is 2. The molecule has 1 aromatic heterocycles. The van der Waals surface area contributed by atoms with E-state index in [1.807, 2.05) is 0 Å². The zero-order valence-electron chi connectivity index (χ0n) is 19.4. The van der Waals surface area contributed by atoms with Crippen molar-refractivity contribution in [3.63, 3.8) is 0 Å². The van der Waals surface area contributed by atoms with Gasteiger partial charge in [-0.25, -0.2) is 0 Å². The molecule has 0 radical (unpaired) electrons. The number of halogens is 3. The van der Waals surface area contributed by atoms with Gasteiger partial charge in [0, 0.05) is 12.0 Å². The SMILES string of the molecule is CC(OC(=O)CNC(=O)CC12CC3CC(CC(C3)C1)C2)c1nc(-c2cccc(C(F)(F)F)c2)no1. The second-order valence-electron chi connectivity index (χ2n) is 10.5. The number of nitrogens with one attached hydrogen (secondary N) is 1. The lowest BCUT2D eigenvalue weighted by Crippen LogP contribution is -2.48. The van der Waals surface area contributed by atoms with Crippen molar-refractivity contribution >= 4 is 11.9 Å². The molecule has 1 atom stereocenters. The van der Waals surface area contributed by atoms with Crippen LogP contribution in [0.1, 0.15) is 69.4 Å². The number of carbonyl (C=O) groups is 2. The fourth-order valence-corrected chi connectivity index (χ4v) is 6.72. The van der Waals surface area contributed by atoms with Crippen LogP contribution in [0.4, 0.5) is 13.2 Å². The van der Waals surface area contributed by atoms with Gasteiger partial charge in [-0.3, -0.25) is 9.59 Å². The van der Waals surface area contributed by atoms with E-state index in [0.717, 1.165) is 49.1 Å². The largest absolute Gasteiger partial charge is 0.451 e. The lowest BCUT2D eigenvalue weighted by molar-refractivity contribution is -0.150. The molecule has 1 amide bonds. The van der Waals surface area contributed by atoms with Crippen molar-refractivity contribution in [1.82, 2.24) is 15.5 Å². The Morgan fingerprint density at radius 3 is 2.46 bits per heavy atom. The Morgan fingerprint density at radius 2 is 1.83 bits per heavy atom. The van der Waals surface area contributed by atoms with Crippen LogP contribution in [-0.4, -0.2) is 28.6 Å². The maximum Gasteiger partial charge on any atom is 0.416 e. The van der Waals surface area contributed by atoms with E-state index in [-0.39, 0.29) is 35.1 Å². The van der Waals surface area contributed by atoms with Crippen LogP contribution in [0.3, 0.4) is 0 Å². The van der Waals surface area contributed by atoms with Crippen molar-refractivity contribution in [3.8, 4) is 11.4 Å². The van der Waals surface area contributed by atoms with Gasteiger partial charge in [0.05, 0.1) is 5.56 Å². The Hall–Kier alpha value is -2.91. The molecule has 1 heterocycles. The summed E-state index contributed by atoms with van der Waals surface area (Å²) < 4.78 is 49.2. The average Bonchev–Trinajstić information content (AvgIpc) is 3.27. The van der Waals surface area contributed by atoms with E-state index >= 15 is 0 Å². The minimum absolute atomic E-state index is 0.0436. The second-order valence-corrected chi connectivity index (χ2v) is 10.5. The van der Waals surface area contributed by atoms with Gasteiger partial charge in [-0.15, -0.1) is 0 Å². The summed E-state index contributed by atoms with van der Waals surface area (Å²) in [7, 11) is 0. The molecule has 7 nitrogen and oxygen atoms in total. The molecule has 0 aliphatic heterocycles. The maximum absolute atomic E-state index is 12.9. The molecule has 6 rings (SSSR count). The van der Waals surface area contributed by atoms with Crippen LogP contribution in [-0.2, 0) is 20.5 Å². The molecule has 2 aromatic rings. The van der Waals surface area contributed by atoms with Crippen molar-refractivity contribution in [2.24, 2.45) is 23.2 Å². The Bertz CT molecular complexity index is 1080. The number of carbonyl (C=O) groups excluding carboxylic acids is 2. The number of rotatable bonds is 7. The fraction of sp³-hybridized carbons (Fsp3) is 0.600. The van der Waals surface area contributed by atoms with Crippen molar-refractivity contribution in [3.05, 3.63) is 35.7 Å². The molecule has 1 N–H and O–H groups in total. The molecule has 0 spiro atoms. The molecule has 4 aliphatic rings. The number of amides is 1. The van der Waals surface area contributed by atoms with Crippen LogP contribution in [0.25, 0.3) is 11.4 Å². The van der Waals surface area contributed by atoms with Crippen molar-refractivity contribution < 1.29 is 32.0 Å². The fourth-order valence-electron chi connectivity index (χ4n) is 6.72. The van der Waals surface area contributed by atoms with Crippen molar-refractivity contribution in [2.45, 2.75) is 64.1 Å². The molecule has 1 aromatic carbocycles. The number of benzene rings is 1. The van der Waals surface area contributed by atoms with Crippen LogP contribution >= 0.6 is 0 Å². The third-order valence-electron chi connectivity index (χ3n) is 7.68. The monoisotopic (exact) mass is 491 g/mol. The van der Waals surface area contributed by atoms with Gasteiger partial charge in [-0.1, -0.05) is 17.3 Å². The third-order valence-corrected chi connectivity index (χ3v) is 7.68. The Kier molecular flexibility index (Phi) is 6.09. The van der Waals surface area contributed by atoms with Gasteiger partial charge in [-0.05, 0) is 80.8 Å². The van der Waals surface area contributed by atoms with E-state index in [4.69, 9.17) is 9.26 Å². The standard InChI is InChI=1S/C25H28F3N3O4/c1-14(23-30-22(31-35-23)18-3-2-4-19(8-18)25(26,27)28)34-21(33)13-29-20(32)12-24-9-15-5-16(10-24)7-17(6-15)11-24/h2-4,8,14-17H,5-7,9-13H2,1H3,(H,29,32). The summed E-state index contributed by atoms with van der Waals surface area (Å²) >= 11 is 0. The quantitative estimate of drug-likeness (QED) is 0.543. The molecule has 10 heteroatoms. The Balaban J connectivity index is 1.12. The van der Waals surface area contributed by atoms with Gasteiger partial charge in [-0.2, -0.15) is 18.2 Å². The zero-order chi connectivity index (χ0) is 24.8. The molecule has 35 heavy (non-hydrogen) atoms. The van der Waals surface area contributed by atoms with Gasteiger partial charge in [0.2, 0.25) is 11.7 Å². The molecule has 188 valence electrons. The van der Waals surface area contributed by atoms with Gasteiger partial charge in [0.15, 0.2) is 6.10 Å². The second kappa shape index (κ2) is 8.95. The van der Waals surface area contributed by atoms with Crippen LogP contribution in [0.15, 0.2) is 28.8 Å². The minimum Gasteiger partial charge on any atom is -0.451 e. The summed E-state index contributed by atoms with van der Waals surface area (Å²) in [4.78, 5) is 28.9. The normalized spacial score (nSPS) is 28.1. The van der Waals surface area contributed by atoms with E-state index in [1.54, 1.807) is 0 Å². The number of hydrogen-bond acceptors (Lipinski definition) is 6. The summed E-state index contributed by atoms with van der Waals surface area (Å²) in [6.07, 6.45) is 2.27. The van der Waals surface area contributed by atoms with Crippen molar-refractivity contribution in [2.75, 3.05) is 6.54 Å². The summed E-state index contributed by atoms with van der Waals surface area (Å²) in [5, 5.41) is 6.38. The first-order chi connectivity index (χ1) is 16.6. The first-order valence-corrected chi connectivity index (χ1v) is 12.1. The first-order valence-electron chi connectivity index (χ1n) is 12.1. The van der Waals surface area contributed by atoms with Crippen LogP contribution in [0.5, 0.6) is 0 Å². The summed E-state index contributed by atoms with van der Waals surface area (Å²) in [5.41, 5.74) is -0.616. The van der Waals surface area contributed by atoms with Gasteiger partial charge >= 0.3 is 12.1 Å². The molecule has 4 bridgehead atoms. The Labute approximate surface area is 200 Å². The third kappa shape index (κ3) is 5.21. The van der Waals surface area contributed by atoms with Crippen LogP contribution < -0.4 is 5.32 Å². The van der Waals surface area contributed by atoms with E-state index in [9.17, 15) is 22.8 Å². The first kappa shape index (κ1) is 23.8. The van der Waals surface area contributed by atoms with E-state index in [0.29, 0.717) is 6.42 Å². The highest BCUT2D eigenvalue weighted by molar-refractivity contribution is 5.82. The summed E-state index contributed by atoms with van der Waals surface area (Å²) in [5.74, 6) is 1.35. The van der Waals surface area contributed by atoms with Gasteiger partial charge in [0.1, 0.15) is 6.54 Å². The molecule has 4 saturated carbocycles. The van der Waals surface area contributed by atoms with Gasteiger partial charge in [0.25, 0.3) is 5.89 Å². The van der Waals surface area contributed by atoms with Crippen molar-refractivity contribution in [1.29, 1.82) is 0 Å². The molecular formula is C25H28F3N3O4. The molecule has 0 saturated heterocycles. The minimum atomic E-state index is -4.49. The average molecular weight is 492 g/mol. The van der Waals surface area contributed by atoms with Crippen LogP contribution in [0, 0.1) is 23.2 Å². The number of hydrogen-bond donors (Lipinski definition) is 1. The molecule has 4 fully saturated rings. The van der Waals surface area contributed by atoms with Crippen LogP contribution in [0.2, 0.25) is 0 Å². The van der Waals surface area contributed by atoms with E-state index in [1.165, 1.54) is 38.3 Å². The predicted octanol–water partition coefficient (Wildman–Crippen LogP) is 5.08. The highest BCUT2D eigenvalue weighted by Crippen LogP contribution is 2.61. The number of ether oxygens (including phenoxy) is 1. The zero-order valence-corrected chi connectivity index (χ0v) is 19.4. The smallest absolute Gasteiger partial charge is 0.416 e.